The molecule has 0 radical (unpaired) electrons. The second-order valence-corrected chi connectivity index (χ2v) is 12.6. The van der Waals surface area contributed by atoms with Crippen LogP contribution in [0.1, 0.15) is 91.1 Å². The van der Waals surface area contributed by atoms with E-state index < -0.39 is 5.97 Å². The zero-order valence-corrected chi connectivity index (χ0v) is 31.0. The lowest BCUT2D eigenvalue weighted by molar-refractivity contribution is 0.0695. The van der Waals surface area contributed by atoms with Crippen molar-refractivity contribution < 1.29 is 48.0 Å². The molecule has 0 aliphatic carbocycles. The number of hydrogen-bond acceptors (Lipinski definition) is 12. The number of ether oxygens (including phenoxy) is 4. The molecule has 5 aromatic rings. The number of anilines is 4. The number of carbonyl (C=O) groups is 5. The summed E-state index contributed by atoms with van der Waals surface area (Å²) in [6, 6.07) is 26.8. The summed E-state index contributed by atoms with van der Waals surface area (Å²) in [5, 5.41) is 14.7. The van der Waals surface area contributed by atoms with Crippen molar-refractivity contribution >= 4 is 52.0 Å². The number of nitrogens with two attached hydrogens (primary N) is 2. The number of aromatic carboxylic acids is 1. The van der Waals surface area contributed by atoms with Crippen LogP contribution in [0, 0.1) is 0 Å². The first kappa shape index (κ1) is 39.8. The predicted molar refractivity (Wildman–Crippen MR) is 210 cm³/mol. The molecule has 288 valence electrons. The first-order chi connectivity index (χ1) is 26.7. The molecule has 14 nitrogen and oxygen atoms in total. The van der Waals surface area contributed by atoms with E-state index >= 15 is 0 Å². The highest BCUT2D eigenvalue weighted by molar-refractivity contribution is 6.06. The van der Waals surface area contributed by atoms with Crippen molar-refractivity contribution in [2.24, 2.45) is 0 Å². The Hall–Kier alpha value is -7.35. The van der Waals surface area contributed by atoms with Crippen molar-refractivity contribution in [2.45, 2.75) is 33.7 Å². The Morgan fingerprint density at radius 1 is 0.589 bits per heavy atom. The molecule has 0 saturated heterocycles. The molecule has 14 heteroatoms. The highest BCUT2D eigenvalue weighted by atomic mass is 16.7. The van der Waals surface area contributed by atoms with Crippen LogP contribution in [0.5, 0.6) is 23.0 Å². The van der Waals surface area contributed by atoms with Gasteiger partial charge in [-0.3, -0.25) is 19.2 Å². The molecule has 2 aliphatic rings. The maximum Gasteiger partial charge on any atom is 0.335 e. The maximum absolute atomic E-state index is 12.5. The number of Topliss-reactive ketones (excluding diaryl/α,β-unsaturated/α-hetero) is 3. The molecule has 2 heterocycles. The van der Waals surface area contributed by atoms with Gasteiger partial charge in [0.2, 0.25) is 13.6 Å². The number of nitrogens with one attached hydrogen (secondary N) is 2. The van der Waals surface area contributed by atoms with Gasteiger partial charge in [-0.25, -0.2) is 4.79 Å². The van der Waals surface area contributed by atoms with Gasteiger partial charge < -0.3 is 46.2 Å². The Morgan fingerprint density at radius 3 is 1.62 bits per heavy atom. The third-order valence-corrected chi connectivity index (χ3v) is 8.61. The third-order valence-electron chi connectivity index (χ3n) is 8.61. The van der Waals surface area contributed by atoms with Gasteiger partial charge >= 0.3 is 5.97 Å². The molecule has 5 aromatic carbocycles. The minimum atomic E-state index is -0.981. The summed E-state index contributed by atoms with van der Waals surface area (Å²) in [6.45, 7) is 6.73. The molecular formula is C42H40N4O10. The maximum atomic E-state index is 12.5. The molecule has 2 aliphatic heterocycles. The van der Waals surface area contributed by atoms with Gasteiger partial charge in [-0.05, 0) is 81.8 Å². The van der Waals surface area contributed by atoms with E-state index in [1.807, 2.05) is 31.2 Å². The second-order valence-electron chi connectivity index (χ2n) is 12.6. The fourth-order valence-corrected chi connectivity index (χ4v) is 5.51. The zero-order valence-electron chi connectivity index (χ0n) is 31.0. The summed E-state index contributed by atoms with van der Waals surface area (Å²) in [4.78, 5) is 56.9. The second kappa shape index (κ2) is 17.6. The predicted octanol–water partition coefficient (Wildman–Crippen LogP) is 7.41. The zero-order chi connectivity index (χ0) is 40.5. The van der Waals surface area contributed by atoms with E-state index in [4.69, 9.17) is 35.5 Å². The van der Waals surface area contributed by atoms with E-state index in [0.29, 0.717) is 68.0 Å². The molecule has 1 unspecified atom stereocenters. The normalized spacial score (nSPS) is 12.1. The molecule has 56 heavy (non-hydrogen) atoms. The van der Waals surface area contributed by atoms with Crippen LogP contribution >= 0.6 is 0 Å². The highest BCUT2D eigenvalue weighted by Crippen LogP contribution is 2.39. The first-order valence-electron chi connectivity index (χ1n) is 17.2. The lowest BCUT2D eigenvalue weighted by Gasteiger charge is -2.18. The van der Waals surface area contributed by atoms with E-state index in [1.165, 1.54) is 45.0 Å². The van der Waals surface area contributed by atoms with Crippen LogP contribution in [0.4, 0.5) is 22.7 Å². The van der Waals surface area contributed by atoms with Crippen LogP contribution < -0.4 is 41.0 Å². The van der Waals surface area contributed by atoms with Gasteiger partial charge in [0.1, 0.15) is 0 Å². The lowest BCUT2D eigenvalue weighted by Crippen LogP contribution is -2.14. The van der Waals surface area contributed by atoms with Crippen molar-refractivity contribution in [3.8, 4) is 23.0 Å². The molecule has 7 N–H and O–H groups in total. The average Bonchev–Trinajstić information content (AvgIpc) is 3.84. The van der Waals surface area contributed by atoms with Crippen molar-refractivity contribution in [3.05, 3.63) is 130 Å². The fourth-order valence-electron chi connectivity index (χ4n) is 5.51. The highest BCUT2D eigenvalue weighted by Gasteiger charge is 2.21. The summed E-state index contributed by atoms with van der Waals surface area (Å²) in [5.74, 6) is 0.930. The molecule has 1 atom stereocenters. The molecule has 0 saturated carbocycles. The number of ketones is 3. The van der Waals surface area contributed by atoms with E-state index in [-0.39, 0.29) is 48.4 Å². The van der Waals surface area contributed by atoms with Crippen molar-refractivity contribution in [2.75, 3.05) is 35.7 Å². The Balaban J connectivity index is 0.000000196. The number of carboxylic acids is 1. The average molecular weight is 761 g/mol. The Kier molecular flexibility index (Phi) is 12.6. The fraction of sp³-hybridized carbons (Fsp3) is 0.167. The Bertz CT molecular complexity index is 2260. The Labute approximate surface area is 322 Å². The van der Waals surface area contributed by atoms with Gasteiger partial charge in [0, 0.05) is 51.8 Å². The molecule has 0 aromatic heterocycles. The van der Waals surface area contributed by atoms with Gasteiger partial charge in [0.25, 0.3) is 5.91 Å². The van der Waals surface area contributed by atoms with Crippen LogP contribution in [0.2, 0.25) is 0 Å². The number of nitrogen functional groups attached to an aromatic ring is 2. The molecule has 1 amide bonds. The van der Waals surface area contributed by atoms with E-state index in [2.05, 4.69) is 10.6 Å². The minimum Gasteiger partial charge on any atom is -0.478 e. The first-order valence-corrected chi connectivity index (χ1v) is 17.2. The standard InChI is InChI=1S/C24H23N3O4.C9H9NO3.C9H8O3/c1-14(26-21-12-23-22(30-13-31-23)11-18(21)15(2)28)16-7-9-17(10-8-16)24(29)27-20-6-4-3-5-19(20)25;1-5(11)6-2-8-9(3-7(6)10)13-4-12-8;1-6(10)7-2-4-8(5-3-7)9(11)12/h3-12,14,26H,13,25H2,1-2H3,(H,27,29);2-3H,4,10H2,1H3;2-5H,1H3,(H,11,12). The van der Waals surface area contributed by atoms with E-state index in [9.17, 15) is 24.0 Å². The summed E-state index contributed by atoms with van der Waals surface area (Å²) in [6.07, 6.45) is 0. The van der Waals surface area contributed by atoms with Gasteiger partial charge in [0.15, 0.2) is 40.3 Å². The number of carboxylic acid groups (broad SMARTS) is 1. The van der Waals surface area contributed by atoms with Crippen LogP contribution in [0.3, 0.4) is 0 Å². The van der Waals surface area contributed by atoms with Gasteiger partial charge in [-0.1, -0.05) is 36.4 Å². The number of hydrogen-bond donors (Lipinski definition) is 5. The largest absolute Gasteiger partial charge is 0.478 e. The minimum absolute atomic E-state index is 0.0630. The molecular weight excluding hydrogens is 720 g/mol. The number of rotatable bonds is 9. The molecule has 0 spiro atoms. The lowest BCUT2D eigenvalue weighted by atomic mass is 10.0. The quantitative estimate of drug-likeness (QED) is 0.0731. The van der Waals surface area contributed by atoms with Crippen LogP contribution in [0.15, 0.2) is 97.1 Å². The molecule has 0 fully saturated rings. The molecule has 7 rings (SSSR count). The van der Waals surface area contributed by atoms with Gasteiger partial charge in [0.05, 0.1) is 16.9 Å². The smallest absolute Gasteiger partial charge is 0.335 e. The van der Waals surface area contributed by atoms with Gasteiger partial charge in [-0.2, -0.15) is 0 Å². The number of benzene rings is 5. The summed E-state index contributed by atoms with van der Waals surface area (Å²) >= 11 is 0. The van der Waals surface area contributed by atoms with Crippen LogP contribution in [-0.4, -0.2) is 47.9 Å². The SMILES string of the molecule is CC(=O)c1cc2c(cc1N)OCO2.CC(=O)c1cc2c(cc1NC(C)c1ccc(C(=O)Nc3ccccc3N)cc1)OCO2.CC(=O)c1ccc(C(=O)O)cc1. The monoisotopic (exact) mass is 760 g/mol. The van der Waals surface area contributed by atoms with E-state index in [0.717, 1.165) is 5.56 Å². The number of fused-ring (bicyclic) bond motifs is 2. The van der Waals surface area contributed by atoms with Crippen LogP contribution in [0.25, 0.3) is 0 Å². The van der Waals surface area contributed by atoms with Crippen molar-refractivity contribution in [3.63, 3.8) is 0 Å². The Morgan fingerprint density at radius 2 is 1.09 bits per heavy atom. The summed E-state index contributed by atoms with van der Waals surface area (Å²) in [5.41, 5.74) is 16.9. The number of para-hydroxylation sites is 2. The van der Waals surface area contributed by atoms with Gasteiger partial charge in [-0.15, -0.1) is 0 Å². The summed E-state index contributed by atoms with van der Waals surface area (Å²) in [7, 11) is 0. The topological polar surface area (TPSA) is 219 Å². The van der Waals surface area contributed by atoms with Crippen molar-refractivity contribution in [1.82, 2.24) is 0 Å². The van der Waals surface area contributed by atoms with E-state index in [1.54, 1.807) is 48.5 Å². The number of carbonyl (C=O) groups excluding carboxylic acids is 4. The summed E-state index contributed by atoms with van der Waals surface area (Å²) < 4.78 is 21.0. The third kappa shape index (κ3) is 9.79. The molecule has 0 bridgehead atoms. The van der Waals surface area contributed by atoms with Crippen molar-refractivity contribution in [1.29, 1.82) is 0 Å². The number of amides is 1. The van der Waals surface area contributed by atoms with Crippen LogP contribution in [-0.2, 0) is 0 Å².